The Morgan fingerprint density at radius 1 is 1.24 bits per heavy atom. The molecule has 2 aromatic heterocycles. The molecule has 0 radical (unpaired) electrons. The van der Waals surface area contributed by atoms with Gasteiger partial charge in [-0.25, -0.2) is 4.98 Å². The summed E-state index contributed by atoms with van der Waals surface area (Å²) in [5, 5.41) is 5.44. The van der Waals surface area contributed by atoms with Crippen LogP contribution >= 0.6 is 23.1 Å². The van der Waals surface area contributed by atoms with Crippen LogP contribution in [0.25, 0.3) is 11.3 Å². The van der Waals surface area contributed by atoms with E-state index < -0.39 is 0 Å². The lowest BCUT2D eigenvalue weighted by Gasteiger charge is -2.03. The Morgan fingerprint density at radius 3 is 2.84 bits per heavy atom. The van der Waals surface area contributed by atoms with E-state index in [1.54, 1.807) is 24.2 Å². The van der Waals surface area contributed by atoms with Gasteiger partial charge in [-0.15, -0.1) is 23.1 Å². The molecule has 0 bridgehead atoms. The first-order chi connectivity index (χ1) is 12.2. The van der Waals surface area contributed by atoms with Gasteiger partial charge in [0.15, 0.2) is 5.13 Å². The second-order valence-electron chi connectivity index (χ2n) is 5.59. The molecule has 0 unspecified atom stereocenters. The number of aromatic nitrogens is 2. The zero-order valence-corrected chi connectivity index (χ0v) is 15.6. The lowest BCUT2D eigenvalue weighted by atomic mass is 10.2. The molecule has 128 valence electrons. The second-order valence-corrected chi connectivity index (χ2v) is 7.62. The van der Waals surface area contributed by atoms with Crippen LogP contribution in [0.5, 0.6) is 0 Å². The van der Waals surface area contributed by atoms with Crippen molar-refractivity contribution in [3.05, 3.63) is 59.7 Å². The Morgan fingerprint density at radius 2 is 2.08 bits per heavy atom. The van der Waals surface area contributed by atoms with Gasteiger partial charge in [-0.3, -0.25) is 9.78 Å². The van der Waals surface area contributed by atoms with Crippen LogP contribution in [0.3, 0.4) is 0 Å². The van der Waals surface area contributed by atoms with E-state index in [2.05, 4.69) is 46.5 Å². The number of amides is 1. The van der Waals surface area contributed by atoms with Crippen molar-refractivity contribution in [2.45, 2.75) is 24.7 Å². The number of hydrogen-bond acceptors (Lipinski definition) is 5. The van der Waals surface area contributed by atoms with Crippen LogP contribution in [0.15, 0.2) is 59.1 Å². The zero-order chi connectivity index (χ0) is 17.5. The van der Waals surface area contributed by atoms with Crippen molar-refractivity contribution in [1.82, 2.24) is 9.97 Å². The summed E-state index contributed by atoms with van der Waals surface area (Å²) in [5.74, 6) is 0.937. The fourth-order valence-electron chi connectivity index (χ4n) is 2.22. The minimum absolute atomic E-state index is 0.0107. The molecule has 0 aliphatic heterocycles. The first-order valence-corrected chi connectivity index (χ1v) is 9.92. The van der Waals surface area contributed by atoms with Crippen LogP contribution in [0.4, 0.5) is 5.13 Å². The molecule has 0 saturated heterocycles. The van der Waals surface area contributed by atoms with Gasteiger partial charge in [0.05, 0.1) is 5.69 Å². The fourth-order valence-corrected chi connectivity index (χ4v) is 3.81. The monoisotopic (exact) mass is 369 g/mol. The Kier molecular flexibility index (Phi) is 6.19. The minimum Gasteiger partial charge on any atom is -0.302 e. The van der Waals surface area contributed by atoms with E-state index >= 15 is 0 Å². The highest BCUT2D eigenvalue weighted by molar-refractivity contribution is 7.99. The van der Waals surface area contributed by atoms with Crippen molar-refractivity contribution >= 4 is 34.1 Å². The number of thioether (sulfide) groups is 1. The number of aryl methyl sites for hydroxylation is 1. The first-order valence-electron chi connectivity index (χ1n) is 8.06. The van der Waals surface area contributed by atoms with Crippen LogP contribution in [-0.2, 0) is 4.79 Å². The molecule has 6 heteroatoms. The summed E-state index contributed by atoms with van der Waals surface area (Å²) in [6.07, 6.45) is 4.84. The SMILES string of the molecule is Cc1ccc(SCCCC(=O)Nc2nc(-c3cccnc3)cs2)cc1. The third-order valence-electron chi connectivity index (χ3n) is 3.55. The summed E-state index contributed by atoms with van der Waals surface area (Å²) in [4.78, 5) is 21.8. The normalized spacial score (nSPS) is 10.6. The van der Waals surface area contributed by atoms with Crippen LogP contribution in [-0.4, -0.2) is 21.6 Å². The van der Waals surface area contributed by atoms with Gasteiger partial charge in [-0.2, -0.15) is 0 Å². The first kappa shape index (κ1) is 17.6. The summed E-state index contributed by atoms with van der Waals surface area (Å²) in [5.41, 5.74) is 3.05. The van der Waals surface area contributed by atoms with Gasteiger partial charge in [0, 0.05) is 34.7 Å². The number of rotatable bonds is 7. The highest BCUT2D eigenvalue weighted by Crippen LogP contribution is 2.24. The quantitative estimate of drug-likeness (QED) is 0.469. The highest BCUT2D eigenvalue weighted by atomic mass is 32.2. The summed E-state index contributed by atoms with van der Waals surface area (Å²) >= 11 is 3.21. The molecule has 0 saturated carbocycles. The minimum atomic E-state index is 0.0107. The number of carbonyl (C=O) groups excluding carboxylic acids is 1. The number of carbonyl (C=O) groups is 1. The summed E-state index contributed by atoms with van der Waals surface area (Å²) in [6.45, 7) is 2.08. The molecule has 1 aromatic carbocycles. The number of thiazole rings is 1. The van der Waals surface area contributed by atoms with Gasteiger partial charge in [-0.05, 0) is 43.4 Å². The molecule has 0 atom stereocenters. The number of nitrogens with zero attached hydrogens (tertiary/aromatic N) is 2. The smallest absolute Gasteiger partial charge is 0.226 e. The molecule has 0 aliphatic carbocycles. The Hall–Kier alpha value is -2.18. The molecule has 2 heterocycles. The fraction of sp³-hybridized carbons (Fsp3) is 0.211. The summed E-state index contributed by atoms with van der Waals surface area (Å²) in [7, 11) is 0. The standard InChI is InChI=1S/C19H19N3OS2/c1-14-6-8-16(9-7-14)24-11-3-5-18(23)22-19-21-17(13-25-19)15-4-2-10-20-12-15/h2,4,6-10,12-13H,3,5,11H2,1H3,(H,21,22,23). The molecule has 1 N–H and O–H groups in total. The van der Waals surface area contributed by atoms with Crippen molar-refractivity contribution in [2.75, 3.05) is 11.1 Å². The highest BCUT2D eigenvalue weighted by Gasteiger charge is 2.08. The van der Waals surface area contributed by atoms with Crippen LogP contribution in [0.1, 0.15) is 18.4 Å². The summed E-state index contributed by atoms with van der Waals surface area (Å²) in [6, 6.07) is 12.3. The molecule has 4 nitrogen and oxygen atoms in total. The van der Waals surface area contributed by atoms with E-state index in [1.807, 2.05) is 17.5 Å². The number of nitrogens with one attached hydrogen (secondary N) is 1. The Balaban J connectivity index is 1.42. The molecular weight excluding hydrogens is 350 g/mol. The Labute approximate surface area is 155 Å². The van der Waals surface area contributed by atoms with Gasteiger partial charge in [-0.1, -0.05) is 17.7 Å². The van der Waals surface area contributed by atoms with Crippen LogP contribution in [0, 0.1) is 6.92 Å². The van der Waals surface area contributed by atoms with E-state index in [0.29, 0.717) is 11.6 Å². The number of anilines is 1. The molecule has 0 spiro atoms. The predicted octanol–water partition coefficient (Wildman–Crippen LogP) is 5.02. The van der Waals surface area contributed by atoms with Crippen molar-refractivity contribution in [3.8, 4) is 11.3 Å². The molecular formula is C19H19N3OS2. The van der Waals surface area contributed by atoms with Crippen molar-refractivity contribution in [2.24, 2.45) is 0 Å². The maximum atomic E-state index is 12.0. The van der Waals surface area contributed by atoms with E-state index in [0.717, 1.165) is 23.4 Å². The third-order valence-corrected chi connectivity index (χ3v) is 5.40. The molecule has 25 heavy (non-hydrogen) atoms. The Bertz CT molecular complexity index is 816. The van der Waals surface area contributed by atoms with Gasteiger partial charge in [0.2, 0.25) is 5.91 Å². The maximum absolute atomic E-state index is 12.0. The number of pyridine rings is 1. The largest absolute Gasteiger partial charge is 0.302 e. The molecule has 0 aliphatic rings. The molecule has 3 rings (SSSR count). The average Bonchev–Trinajstić information content (AvgIpc) is 3.09. The molecule has 0 fully saturated rings. The average molecular weight is 370 g/mol. The van der Waals surface area contributed by atoms with E-state index in [4.69, 9.17) is 0 Å². The maximum Gasteiger partial charge on any atom is 0.226 e. The van der Waals surface area contributed by atoms with Gasteiger partial charge in [0.25, 0.3) is 0 Å². The lowest BCUT2D eigenvalue weighted by Crippen LogP contribution is -2.11. The van der Waals surface area contributed by atoms with Gasteiger partial charge >= 0.3 is 0 Å². The summed E-state index contributed by atoms with van der Waals surface area (Å²) < 4.78 is 0. The van der Waals surface area contributed by atoms with Crippen molar-refractivity contribution in [1.29, 1.82) is 0 Å². The number of hydrogen-bond donors (Lipinski definition) is 1. The van der Waals surface area contributed by atoms with E-state index in [-0.39, 0.29) is 5.91 Å². The van der Waals surface area contributed by atoms with Crippen molar-refractivity contribution in [3.63, 3.8) is 0 Å². The van der Waals surface area contributed by atoms with Gasteiger partial charge in [0.1, 0.15) is 0 Å². The van der Waals surface area contributed by atoms with Crippen molar-refractivity contribution < 1.29 is 4.79 Å². The lowest BCUT2D eigenvalue weighted by molar-refractivity contribution is -0.116. The van der Waals surface area contributed by atoms with Crippen LogP contribution in [0.2, 0.25) is 0 Å². The van der Waals surface area contributed by atoms with Gasteiger partial charge < -0.3 is 5.32 Å². The topological polar surface area (TPSA) is 54.9 Å². The third kappa shape index (κ3) is 5.41. The number of benzene rings is 1. The van der Waals surface area contributed by atoms with Crippen LogP contribution < -0.4 is 5.32 Å². The second kappa shape index (κ2) is 8.78. The molecule has 3 aromatic rings. The molecule has 1 amide bonds. The van der Waals surface area contributed by atoms with E-state index in [9.17, 15) is 4.79 Å². The zero-order valence-electron chi connectivity index (χ0n) is 13.9. The predicted molar refractivity (Wildman–Crippen MR) is 105 cm³/mol. The van der Waals surface area contributed by atoms with E-state index in [1.165, 1.54) is 21.8 Å².